The Balaban J connectivity index is 2.07. The van der Waals surface area contributed by atoms with Gasteiger partial charge in [-0.3, -0.25) is 4.79 Å². The SMILES string of the molecule is Cc1ccc(CS(=O)(=O)N2CCC(=O)CC2)cc1. The molecule has 0 saturated carbocycles. The fourth-order valence-corrected chi connectivity index (χ4v) is 3.54. The summed E-state index contributed by atoms with van der Waals surface area (Å²) in [6, 6.07) is 7.49. The average Bonchev–Trinajstić information content (AvgIpc) is 2.32. The van der Waals surface area contributed by atoms with E-state index in [1.165, 1.54) is 4.31 Å². The zero-order chi connectivity index (χ0) is 13.2. The fraction of sp³-hybridized carbons (Fsp3) is 0.462. The van der Waals surface area contributed by atoms with Gasteiger partial charge in [-0.15, -0.1) is 0 Å². The van der Waals surface area contributed by atoms with E-state index in [4.69, 9.17) is 0 Å². The molecule has 4 nitrogen and oxygen atoms in total. The lowest BCUT2D eigenvalue weighted by molar-refractivity contribution is -0.120. The van der Waals surface area contributed by atoms with Gasteiger partial charge < -0.3 is 0 Å². The Morgan fingerprint density at radius 1 is 1.11 bits per heavy atom. The summed E-state index contributed by atoms with van der Waals surface area (Å²) in [4.78, 5) is 11.1. The molecule has 0 radical (unpaired) electrons. The van der Waals surface area contributed by atoms with Crippen LogP contribution >= 0.6 is 0 Å². The lowest BCUT2D eigenvalue weighted by Gasteiger charge is -2.25. The first-order valence-corrected chi connectivity index (χ1v) is 7.63. The maximum Gasteiger partial charge on any atom is 0.218 e. The number of hydrogen-bond acceptors (Lipinski definition) is 3. The maximum atomic E-state index is 12.2. The molecule has 98 valence electrons. The van der Waals surface area contributed by atoms with E-state index in [0.29, 0.717) is 25.9 Å². The first kappa shape index (κ1) is 13.2. The van der Waals surface area contributed by atoms with Crippen LogP contribution in [0.2, 0.25) is 0 Å². The number of carbonyl (C=O) groups is 1. The molecule has 0 amide bonds. The standard InChI is InChI=1S/C13H17NO3S/c1-11-2-4-12(5-3-11)10-18(16,17)14-8-6-13(15)7-9-14/h2-5H,6-10H2,1H3. The number of sulfonamides is 1. The van der Waals surface area contributed by atoms with E-state index in [-0.39, 0.29) is 11.5 Å². The van der Waals surface area contributed by atoms with E-state index >= 15 is 0 Å². The molecule has 1 saturated heterocycles. The van der Waals surface area contributed by atoms with Crippen molar-refractivity contribution in [3.05, 3.63) is 35.4 Å². The van der Waals surface area contributed by atoms with Crippen LogP contribution in [0.25, 0.3) is 0 Å². The van der Waals surface area contributed by atoms with E-state index in [1.54, 1.807) is 0 Å². The van der Waals surface area contributed by atoms with Gasteiger partial charge in [0.05, 0.1) is 5.75 Å². The van der Waals surface area contributed by atoms with Crippen molar-refractivity contribution in [2.24, 2.45) is 0 Å². The predicted molar refractivity (Wildman–Crippen MR) is 69.6 cm³/mol. The molecule has 0 atom stereocenters. The highest BCUT2D eigenvalue weighted by molar-refractivity contribution is 7.88. The third kappa shape index (κ3) is 3.17. The molecule has 5 heteroatoms. The van der Waals surface area contributed by atoms with Crippen LogP contribution < -0.4 is 0 Å². The van der Waals surface area contributed by atoms with Crippen molar-refractivity contribution in [1.82, 2.24) is 4.31 Å². The molecule has 1 fully saturated rings. The Kier molecular flexibility index (Phi) is 3.82. The molecule has 0 N–H and O–H groups in total. The van der Waals surface area contributed by atoms with Crippen LogP contribution in [0.5, 0.6) is 0 Å². The third-order valence-electron chi connectivity index (χ3n) is 3.14. The van der Waals surface area contributed by atoms with E-state index in [1.807, 2.05) is 31.2 Å². The van der Waals surface area contributed by atoms with Crippen molar-refractivity contribution < 1.29 is 13.2 Å². The summed E-state index contributed by atoms with van der Waals surface area (Å²) in [6.45, 7) is 2.62. The van der Waals surface area contributed by atoms with E-state index < -0.39 is 10.0 Å². The van der Waals surface area contributed by atoms with Gasteiger partial charge in [-0.2, -0.15) is 0 Å². The van der Waals surface area contributed by atoms with Gasteiger partial charge in [0.1, 0.15) is 5.78 Å². The van der Waals surface area contributed by atoms with Gasteiger partial charge in [0.25, 0.3) is 0 Å². The highest BCUT2D eigenvalue weighted by atomic mass is 32.2. The summed E-state index contributed by atoms with van der Waals surface area (Å²) in [5, 5.41) is 0. The van der Waals surface area contributed by atoms with Gasteiger partial charge in [-0.05, 0) is 12.5 Å². The molecule has 1 aromatic rings. The smallest absolute Gasteiger partial charge is 0.218 e. The van der Waals surface area contributed by atoms with Crippen LogP contribution in [-0.4, -0.2) is 31.6 Å². The largest absolute Gasteiger partial charge is 0.300 e. The lowest BCUT2D eigenvalue weighted by Crippen LogP contribution is -2.39. The molecule has 0 unspecified atom stereocenters. The van der Waals surface area contributed by atoms with Crippen LogP contribution in [0.1, 0.15) is 24.0 Å². The Bertz CT molecular complexity index is 524. The van der Waals surface area contributed by atoms with E-state index in [9.17, 15) is 13.2 Å². The predicted octanol–water partition coefficient (Wildman–Crippen LogP) is 1.49. The van der Waals surface area contributed by atoms with Crippen LogP contribution in [0.15, 0.2) is 24.3 Å². The van der Waals surface area contributed by atoms with Gasteiger partial charge in [-0.25, -0.2) is 12.7 Å². The zero-order valence-electron chi connectivity index (χ0n) is 10.4. The normalized spacial score (nSPS) is 17.9. The molecular weight excluding hydrogens is 250 g/mol. The molecule has 1 aromatic carbocycles. The summed E-state index contributed by atoms with van der Waals surface area (Å²) >= 11 is 0. The van der Waals surface area contributed by atoms with Gasteiger partial charge in [0, 0.05) is 25.9 Å². The van der Waals surface area contributed by atoms with Crippen LogP contribution in [0.4, 0.5) is 0 Å². The Labute approximate surface area is 108 Å². The minimum Gasteiger partial charge on any atom is -0.300 e. The number of hydrogen-bond donors (Lipinski definition) is 0. The highest BCUT2D eigenvalue weighted by Crippen LogP contribution is 2.16. The quantitative estimate of drug-likeness (QED) is 0.833. The zero-order valence-corrected chi connectivity index (χ0v) is 11.2. The second-order valence-corrected chi connectivity index (χ2v) is 6.65. The molecule has 1 aliphatic heterocycles. The van der Waals surface area contributed by atoms with Crippen molar-refractivity contribution in [3.63, 3.8) is 0 Å². The van der Waals surface area contributed by atoms with Crippen molar-refractivity contribution >= 4 is 15.8 Å². The van der Waals surface area contributed by atoms with Crippen molar-refractivity contribution in [1.29, 1.82) is 0 Å². The number of piperidine rings is 1. The molecule has 0 bridgehead atoms. The fourth-order valence-electron chi connectivity index (χ4n) is 2.00. The lowest BCUT2D eigenvalue weighted by atomic mass is 10.1. The average molecular weight is 267 g/mol. The maximum absolute atomic E-state index is 12.2. The van der Waals surface area contributed by atoms with E-state index in [0.717, 1.165) is 11.1 Å². The van der Waals surface area contributed by atoms with Crippen molar-refractivity contribution in [2.75, 3.05) is 13.1 Å². The Hall–Kier alpha value is -1.20. The van der Waals surface area contributed by atoms with Gasteiger partial charge in [0.15, 0.2) is 0 Å². The summed E-state index contributed by atoms with van der Waals surface area (Å²) in [5.74, 6) is 0.165. The third-order valence-corrected chi connectivity index (χ3v) is 4.99. The van der Waals surface area contributed by atoms with E-state index in [2.05, 4.69) is 0 Å². The molecule has 18 heavy (non-hydrogen) atoms. The number of rotatable bonds is 3. The monoisotopic (exact) mass is 267 g/mol. The molecule has 0 spiro atoms. The Morgan fingerprint density at radius 3 is 2.22 bits per heavy atom. The number of Topliss-reactive ketones (excluding diaryl/α,β-unsaturated/α-hetero) is 1. The molecular formula is C13H17NO3S. The minimum atomic E-state index is -3.29. The number of carbonyl (C=O) groups excluding carboxylic acids is 1. The van der Waals surface area contributed by atoms with Gasteiger partial charge in [0.2, 0.25) is 10.0 Å². The molecule has 2 rings (SSSR count). The van der Waals surface area contributed by atoms with Gasteiger partial charge >= 0.3 is 0 Å². The Morgan fingerprint density at radius 2 is 1.67 bits per heavy atom. The van der Waals surface area contributed by atoms with Crippen LogP contribution in [-0.2, 0) is 20.6 Å². The summed E-state index contributed by atoms with van der Waals surface area (Å²) < 4.78 is 25.7. The molecule has 1 heterocycles. The van der Waals surface area contributed by atoms with Crippen LogP contribution in [0.3, 0.4) is 0 Å². The first-order valence-electron chi connectivity index (χ1n) is 6.02. The number of aryl methyl sites for hydroxylation is 1. The summed E-state index contributed by atoms with van der Waals surface area (Å²) in [5.41, 5.74) is 1.90. The first-order chi connectivity index (χ1) is 8.47. The summed E-state index contributed by atoms with van der Waals surface area (Å²) in [7, 11) is -3.29. The number of ketones is 1. The second-order valence-electron chi connectivity index (χ2n) is 4.68. The number of benzene rings is 1. The molecule has 0 aromatic heterocycles. The van der Waals surface area contributed by atoms with Crippen molar-refractivity contribution in [3.8, 4) is 0 Å². The van der Waals surface area contributed by atoms with Gasteiger partial charge in [-0.1, -0.05) is 29.8 Å². The van der Waals surface area contributed by atoms with Crippen LogP contribution in [0, 0.1) is 6.92 Å². The molecule has 1 aliphatic rings. The number of nitrogens with zero attached hydrogens (tertiary/aromatic N) is 1. The molecule has 0 aliphatic carbocycles. The highest BCUT2D eigenvalue weighted by Gasteiger charge is 2.26. The summed E-state index contributed by atoms with van der Waals surface area (Å²) in [6.07, 6.45) is 0.681. The second kappa shape index (κ2) is 5.20. The minimum absolute atomic E-state index is 0.0153. The van der Waals surface area contributed by atoms with Crippen molar-refractivity contribution in [2.45, 2.75) is 25.5 Å². The topological polar surface area (TPSA) is 54.5 Å².